The first-order chi connectivity index (χ1) is 15.0. The van der Waals surface area contributed by atoms with Crippen molar-refractivity contribution in [2.45, 2.75) is 0 Å². The third kappa shape index (κ3) is 4.19. The van der Waals surface area contributed by atoms with Crippen molar-refractivity contribution >= 4 is 46.5 Å². The summed E-state index contributed by atoms with van der Waals surface area (Å²) in [6.07, 6.45) is 0. The van der Waals surface area contributed by atoms with E-state index in [1.807, 2.05) is 6.07 Å². The number of rotatable bonds is 2. The van der Waals surface area contributed by atoms with Gasteiger partial charge in [-0.2, -0.15) is 5.26 Å². The third-order valence-electron chi connectivity index (χ3n) is 4.93. The highest BCUT2D eigenvalue weighted by molar-refractivity contribution is 6.37. The fraction of sp³-hybridized carbons (Fsp3) is 0.182. The molecule has 2 aromatic rings. The Balaban J connectivity index is 1.71. The molecule has 2 aromatic carbocycles. The van der Waals surface area contributed by atoms with Crippen molar-refractivity contribution in [3.8, 4) is 6.07 Å². The first-order valence-corrected chi connectivity index (χ1v) is 10.2. The van der Waals surface area contributed by atoms with E-state index in [0.717, 1.165) is 0 Å². The molecule has 0 aliphatic carbocycles. The van der Waals surface area contributed by atoms with E-state index in [0.29, 0.717) is 42.5 Å². The maximum Gasteiger partial charge on any atom is 0.266 e. The second kappa shape index (κ2) is 8.90. The molecule has 0 atom stereocenters. The van der Waals surface area contributed by atoms with Crippen molar-refractivity contribution in [2.24, 2.45) is 4.99 Å². The van der Waals surface area contributed by atoms with Crippen LogP contribution in [0.15, 0.2) is 53.0 Å². The Kier molecular flexibility index (Phi) is 6.05. The van der Waals surface area contributed by atoms with E-state index in [1.54, 1.807) is 35.2 Å². The number of hydrogen-bond donors (Lipinski definition) is 1. The van der Waals surface area contributed by atoms with Gasteiger partial charge in [-0.15, -0.1) is 0 Å². The van der Waals surface area contributed by atoms with Gasteiger partial charge in [0.15, 0.2) is 0 Å². The van der Waals surface area contributed by atoms with Crippen LogP contribution in [0.3, 0.4) is 0 Å². The molecule has 1 fully saturated rings. The summed E-state index contributed by atoms with van der Waals surface area (Å²) in [6.45, 7) is 1.65. The monoisotopic (exact) mass is 454 g/mol. The fourth-order valence-electron chi connectivity index (χ4n) is 3.39. The van der Waals surface area contributed by atoms with Crippen molar-refractivity contribution in [2.75, 3.05) is 26.3 Å². The van der Waals surface area contributed by atoms with Gasteiger partial charge in [0, 0.05) is 29.2 Å². The van der Waals surface area contributed by atoms with Crippen LogP contribution in [0, 0.1) is 11.3 Å². The van der Waals surface area contributed by atoms with Crippen LogP contribution in [0.4, 0.5) is 0 Å². The van der Waals surface area contributed by atoms with E-state index in [4.69, 9.17) is 27.9 Å². The normalized spacial score (nSPS) is 16.8. The summed E-state index contributed by atoms with van der Waals surface area (Å²) in [4.78, 5) is 31.8. The summed E-state index contributed by atoms with van der Waals surface area (Å²) in [5.74, 6) is -0.647. The summed E-state index contributed by atoms with van der Waals surface area (Å²) >= 11 is 12.0. The van der Waals surface area contributed by atoms with E-state index in [-0.39, 0.29) is 27.7 Å². The third-order valence-corrected chi connectivity index (χ3v) is 5.48. The fourth-order valence-corrected chi connectivity index (χ4v) is 3.88. The van der Waals surface area contributed by atoms with Crippen LogP contribution in [0.25, 0.3) is 5.70 Å². The van der Waals surface area contributed by atoms with Gasteiger partial charge in [-0.1, -0.05) is 47.5 Å². The summed E-state index contributed by atoms with van der Waals surface area (Å²) in [7, 11) is 0. The number of amidine groups is 1. The van der Waals surface area contributed by atoms with Crippen molar-refractivity contribution in [1.29, 1.82) is 5.26 Å². The highest BCUT2D eigenvalue weighted by Gasteiger charge is 2.30. The molecule has 2 heterocycles. The number of nitriles is 1. The maximum atomic E-state index is 13.0. The predicted octanol–water partition coefficient (Wildman–Crippen LogP) is 3.28. The number of ether oxygens (including phenoxy) is 1. The quantitative estimate of drug-likeness (QED) is 0.556. The number of carbonyl (C=O) groups excluding carboxylic acids is 2. The summed E-state index contributed by atoms with van der Waals surface area (Å²) in [5.41, 5.74) is 1.58. The molecule has 2 amide bonds. The number of aliphatic imine (C=N–C) groups is 1. The Morgan fingerprint density at radius 1 is 1.10 bits per heavy atom. The molecular weight excluding hydrogens is 439 g/mol. The SMILES string of the molecule is N#CC(C(=O)N1CCOCC1)=C1N=C(NC(=O)c2ccc(Cl)cc2Cl)c2ccccc21. The number of nitrogens with zero attached hydrogens (tertiary/aromatic N) is 3. The molecule has 2 aliphatic heterocycles. The molecule has 0 saturated carbocycles. The van der Waals surface area contributed by atoms with Gasteiger partial charge in [0.05, 0.1) is 29.5 Å². The molecule has 7 nitrogen and oxygen atoms in total. The lowest BCUT2D eigenvalue weighted by Crippen LogP contribution is -2.41. The van der Waals surface area contributed by atoms with Gasteiger partial charge in [0.1, 0.15) is 17.5 Å². The molecule has 9 heteroatoms. The molecule has 0 aromatic heterocycles. The number of hydrogen-bond acceptors (Lipinski definition) is 5. The lowest BCUT2D eigenvalue weighted by atomic mass is 10.0. The zero-order valence-corrected chi connectivity index (χ0v) is 17.7. The molecule has 0 radical (unpaired) electrons. The van der Waals surface area contributed by atoms with Crippen LogP contribution < -0.4 is 5.32 Å². The lowest BCUT2D eigenvalue weighted by Gasteiger charge is -2.26. The van der Waals surface area contributed by atoms with Crippen LogP contribution >= 0.6 is 23.2 Å². The summed E-state index contributed by atoms with van der Waals surface area (Å²) < 4.78 is 5.28. The largest absolute Gasteiger partial charge is 0.378 e. The van der Waals surface area contributed by atoms with E-state index in [1.165, 1.54) is 12.1 Å². The molecule has 0 bridgehead atoms. The first kappa shape index (κ1) is 21.1. The van der Waals surface area contributed by atoms with Crippen molar-refractivity contribution in [1.82, 2.24) is 10.2 Å². The Morgan fingerprint density at radius 3 is 2.48 bits per heavy atom. The number of morpholine rings is 1. The van der Waals surface area contributed by atoms with E-state index < -0.39 is 11.8 Å². The molecule has 31 heavy (non-hydrogen) atoms. The Hall–Kier alpha value is -3.18. The van der Waals surface area contributed by atoms with Crippen LogP contribution in [0.5, 0.6) is 0 Å². The minimum absolute atomic E-state index is 0.0804. The van der Waals surface area contributed by atoms with Crippen LogP contribution in [-0.4, -0.2) is 48.9 Å². The molecule has 2 aliphatic rings. The minimum atomic E-state index is -0.477. The van der Waals surface area contributed by atoms with Gasteiger partial charge < -0.3 is 15.0 Å². The van der Waals surface area contributed by atoms with Gasteiger partial charge in [0.25, 0.3) is 11.8 Å². The number of amides is 2. The Bertz CT molecular complexity index is 1180. The molecule has 0 unspecified atom stereocenters. The second-order valence-electron chi connectivity index (χ2n) is 6.82. The molecule has 156 valence electrons. The van der Waals surface area contributed by atoms with Crippen molar-refractivity contribution < 1.29 is 14.3 Å². The van der Waals surface area contributed by atoms with E-state index >= 15 is 0 Å². The zero-order valence-electron chi connectivity index (χ0n) is 16.2. The summed E-state index contributed by atoms with van der Waals surface area (Å²) in [5, 5.41) is 13.1. The van der Waals surface area contributed by atoms with Crippen molar-refractivity contribution in [3.05, 3.63) is 74.8 Å². The Labute approximate surface area is 188 Å². The zero-order chi connectivity index (χ0) is 22.0. The minimum Gasteiger partial charge on any atom is -0.378 e. The number of halogens is 2. The summed E-state index contributed by atoms with van der Waals surface area (Å²) in [6, 6.07) is 13.6. The molecule has 4 rings (SSSR count). The van der Waals surface area contributed by atoms with Gasteiger partial charge in [-0.25, -0.2) is 4.99 Å². The average molecular weight is 455 g/mol. The van der Waals surface area contributed by atoms with Gasteiger partial charge >= 0.3 is 0 Å². The molecule has 0 spiro atoms. The highest BCUT2D eigenvalue weighted by Crippen LogP contribution is 2.31. The second-order valence-corrected chi connectivity index (χ2v) is 7.67. The number of benzene rings is 2. The van der Waals surface area contributed by atoms with Crippen LogP contribution in [0.2, 0.25) is 10.0 Å². The predicted molar refractivity (Wildman–Crippen MR) is 117 cm³/mol. The number of carbonyl (C=O) groups is 2. The van der Waals surface area contributed by atoms with Crippen LogP contribution in [0.1, 0.15) is 21.5 Å². The molecule has 1 saturated heterocycles. The van der Waals surface area contributed by atoms with Gasteiger partial charge in [-0.05, 0) is 18.2 Å². The average Bonchev–Trinajstić information content (AvgIpc) is 3.13. The topological polar surface area (TPSA) is 94.8 Å². The van der Waals surface area contributed by atoms with Gasteiger partial charge in [0.2, 0.25) is 0 Å². The maximum absolute atomic E-state index is 13.0. The van der Waals surface area contributed by atoms with E-state index in [9.17, 15) is 14.9 Å². The first-order valence-electron chi connectivity index (χ1n) is 9.46. The Morgan fingerprint density at radius 2 is 1.81 bits per heavy atom. The number of nitrogens with one attached hydrogen (secondary N) is 1. The highest BCUT2D eigenvalue weighted by atomic mass is 35.5. The standard InChI is InChI=1S/C22H16Cl2N4O3/c23-13-5-6-16(18(24)11-13)21(29)27-20-15-4-2-1-3-14(15)19(26-20)17(12-25)22(30)28-7-9-31-10-8-28/h1-6,11H,7-10H2,(H,26,27,29). The molecule has 1 N–H and O–H groups in total. The van der Waals surface area contributed by atoms with Gasteiger partial charge in [-0.3, -0.25) is 9.59 Å². The van der Waals surface area contributed by atoms with Crippen molar-refractivity contribution in [3.63, 3.8) is 0 Å². The van der Waals surface area contributed by atoms with E-state index in [2.05, 4.69) is 10.3 Å². The smallest absolute Gasteiger partial charge is 0.266 e. The number of fused-ring (bicyclic) bond motifs is 1. The lowest BCUT2D eigenvalue weighted by molar-refractivity contribution is -0.130. The molecular formula is C22H16Cl2N4O3. The van der Waals surface area contributed by atoms with Crippen LogP contribution in [-0.2, 0) is 9.53 Å².